The van der Waals surface area contributed by atoms with E-state index in [2.05, 4.69) is 15.3 Å². The number of aryl methyl sites for hydroxylation is 1. The average molecular weight is 414 g/mol. The summed E-state index contributed by atoms with van der Waals surface area (Å²) in [6, 6.07) is 8.74. The second-order valence-corrected chi connectivity index (χ2v) is 7.42. The number of amides is 1. The third kappa shape index (κ3) is 4.82. The smallest absolute Gasteiger partial charge is 0.227 e. The highest BCUT2D eigenvalue weighted by atomic mass is 35.5. The number of hydroxylamine groups is 2. The summed E-state index contributed by atoms with van der Waals surface area (Å²) >= 11 is 6.36. The average Bonchev–Trinajstić information content (AvgIpc) is 3.06. The van der Waals surface area contributed by atoms with Crippen molar-refractivity contribution in [3.8, 4) is 22.8 Å². The van der Waals surface area contributed by atoms with Crippen molar-refractivity contribution in [2.45, 2.75) is 40.3 Å². The van der Waals surface area contributed by atoms with E-state index < -0.39 is 0 Å². The molecular weight excluding hydrogens is 392 g/mol. The molecule has 29 heavy (non-hydrogen) atoms. The van der Waals surface area contributed by atoms with Gasteiger partial charge in [-0.1, -0.05) is 37.6 Å². The van der Waals surface area contributed by atoms with Gasteiger partial charge in [0.05, 0.1) is 5.02 Å². The summed E-state index contributed by atoms with van der Waals surface area (Å²) in [7, 11) is 0. The normalized spacial score (nSPS) is 11.3. The van der Waals surface area contributed by atoms with Gasteiger partial charge in [-0.3, -0.25) is 4.79 Å². The number of rotatable bonds is 6. The van der Waals surface area contributed by atoms with Crippen LogP contribution in [-0.4, -0.2) is 27.0 Å². The van der Waals surface area contributed by atoms with Crippen molar-refractivity contribution in [3.63, 3.8) is 0 Å². The van der Waals surface area contributed by atoms with Gasteiger partial charge in [0.25, 0.3) is 0 Å². The largest absolute Gasteiger partial charge is 0.785 e. The highest BCUT2D eigenvalue weighted by Crippen LogP contribution is 2.36. The number of anilines is 1. The van der Waals surface area contributed by atoms with Crippen molar-refractivity contribution < 1.29 is 9.21 Å². The summed E-state index contributed by atoms with van der Waals surface area (Å²) in [5.74, 6) is 0.948. The third-order valence-electron chi connectivity index (χ3n) is 4.34. The van der Waals surface area contributed by atoms with Crippen molar-refractivity contribution in [1.29, 1.82) is 0 Å². The molecule has 3 aromatic rings. The molecule has 0 aliphatic carbocycles. The molecule has 1 amide bonds. The Morgan fingerprint density at radius 2 is 2.03 bits per heavy atom. The molecule has 2 aromatic heterocycles. The molecule has 8 heteroatoms. The Morgan fingerprint density at radius 1 is 1.31 bits per heavy atom. The van der Waals surface area contributed by atoms with E-state index in [0.29, 0.717) is 39.3 Å². The van der Waals surface area contributed by atoms with Gasteiger partial charge in [0.15, 0.2) is 5.76 Å². The van der Waals surface area contributed by atoms with Gasteiger partial charge in [0.2, 0.25) is 11.8 Å². The lowest BCUT2D eigenvalue weighted by atomic mass is 10.1. The summed E-state index contributed by atoms with van der Waals surface area (Å²) in [6.45, 7) is 6.97. The predicted molar refractivity (Wildman–Crippen MR) is 113 cm³/mol. The zero-order valence-corrected chi connectivity index (χ0v) is 17.4. The fourth-order valence-corrected chi connectivity index (χ4v) is 2.98. The molecule has 0 saturated heterocycles. The molecular formula is C21H22ClN4O3-. The van der Waals surface area contributed by atoms with E-state index in [1.807, 2.05) is 39.0 Å². The summed E-state index contributed by atoms with van der Waals surface area (Å²) in [4.78, 5) is 20.2. The number of oxazole rings is 1. The Bertz CT molecular complexity index is 1030. The highest BCUT2D eigenvalue weighted by molar-refractivity contribution is 6.33. The molecule has 0 atom stereocenters. The van der Waals surface area contributed by atoms with E-state index in [-0.39, 0.29) is 18.5 Å². The van der Waals surface area contributed by atoms with Gasteiger partial charge in [0.1, 0.15) is 11.5 Å². The number of hydrogen-bond acceptors (Lipinski definition) is 6. The maximum atomic E-state index is 12.3. The Balaban J connectivity index is 2.12. The summed E-state index contributed by atoms with van der Waals surface area (Å²) in [5, 5.41) is 16.4. The quantitative estimate of drug-likeness (QED) is 0.569. The zero-order chi connectivity index (χ0) is 21.1. The first-order valence-electron chi connectivity index (χ1n) is 9.19. The van der Waals surface area contributed by atoms with E-state index in [4.69, 9.17) is 16.0 Å². The minimum Gasteiger partial charge on any atom is -0.785 e. The van der Waals surface area contributed by atoms with Crippen LogP contribution < -0.4 is 5.32 Å². The predicted octanol–water partition coefficient (Wildman–Crippen LogP) is 5.03. The topological polar surface area (TPSA) is 94.3 Å². The summed E-state index contributed by atoms with van der Waals surface area (Å²) < 4.78 is 6.09. The minimum absolute atomic E-state index is 0.0599. The molecule has 0 aliphatic rings. The number of benzene rings is 1. The number of halogens is 1. The highest BCUT2D eigenvalue weighted by Gasteiger charge is 2.20. The van der Waals surface area contributed by atoms with Gasteiger partial charge in [-0.25, -0.2) is 9.97 Å². The van der Waals surface area contributed by atoms with E-state index >= 15 is 0 Å². The lowest BCUT2D eigenvalue weighted by Crippen LogP contribution is -2.24. The summed E-state index contributed by atoms with van der Waals surface area (Å²) in [5.41, 5.74) is 2.65. The van der Waals surface area contributed by atoms with E-state index in [0.717, 1.165) is 10.6 Å². The molecule has 0 fully saturated rings. The Kier molecular flexibility index (Phi) is 6.32. The zero-order valence-electron chi connectivity index (χ0n) is 16.7. The monoisotopic (exact) mass is 413 g/mol. The van der Waals surface area contributed by atoms with Crippen LogP contribution in [0.5, 0.6) is 0 Å². The van der Waals surface area contributed by atoms with Crippen molar-refractivity contribution >= 4 is 23.3 Å². The summed E-state index contributed by atoms with van der Waals surface area (Å²) in [6.07, 6.45) is 1.63. The van der Waals surface area contributed by atoms with E-state index in [1.54, 1.807) is 18.3 Å². The molecule has 3 rings (SSSR count). The first-order valence-corrected chi connectivity index (χ1v) is 9.57. The number of aromatic nitrogens is 2. The molecule has 0 aliphatic heterocycles. The van der Waals surface area contributed by atoms with Crippen LogP contribution >= 0.6 is 11.6 Å². The first-order chi connectivity index (χ1) is 13.8. The molecule has 152 valence electrons. The Morgan fingerprint density at radius 3 is 2.69 bits per heavy atom. The van der Waals surface area contributed by atoms with Gasteiger partial charge in [0, 0.05) is 30.8 Å². The number of carbonyl (C=O) groups is 1. The van der Waals surface area contributed by atoms with Crippen LogP contribution in [0, 0.1) is 12.1 Å². The Hall–Kier alpha value is -2.74. The van der Waals surface area contributed by atoms with Crippen LogP contribution in [0.1, 0.15) is 32.0 Å². The number of nitrogens with one attached hydrogen (secondary N) is 1. The van der Waals surface area contributed by atoms with Crippen LogP contribution in [0.4, 0.5) is 5.82 Å². The van der Waals surface area contributed by atoms with Crippen LogP contribution in [0.25, 0.3) is 22.8 Å². The molecule has 0 saturated carbocycles. The van der Waals surface area contributed by atoms with Crippen molar-refractivity contribution in [1.82, 2.24) is 15.0 Å². The lowest BCUT2D eigenvalue weighted by molar-refractivity contribution is -0.114. The molecule has 0 unspecified atom stereocenters. The lowest BCUT2D eigenvalue weighted by Gasteiger charge is -2.31. The van der Waals surface area contributed by atoms with Crippen LogP contribution in [-0.2, 0) is 11.3 Å². The molecule has 1 aromatic carbocycles. The second-order valence-electron chi connectivity index (χ2n) is 7.01. The third-order valence-corrected chi connectivity index (χ3v) is 4.66. The van der Waals surface area contributed by atoms with Gasteiger partial charge in [-0.15, -0.1) is 0 Å². The standard InChI is InChI=1S/C21H22ClN4O3/c1-12(2)26(28)11-18-20(15-7-5-6-8-17(15)22)29-21(25-18)16-9-19(24-14(4)27)23-10-13(16)3/h5-10,12H,11H2,1-4H3,(H,23,24,27)/q-1. The Labute approximate surface area is 174 Å². The number of hydrogen-bond donors (Lipinski definition) is 1. The van der Waals surface area contributed by atoms with Crippen LogP contribution in [0.3, 0.4) is 0 Å². The maximum Gasteiger partial charge on any atom is 0.227 e. The van der Waals surface area contributed by atoms with Crippen molar-refractivity contribution in [2.24, 2.45) is 0 Å². The van der Waals surface area contributed by atoms with E-state index in [1.165, 1.54) is 6.92 Å². The SMILES string of the molecule is CC(=O)Nc1cc(-c2nc(CN([O-])C(C)C)c(-c3ccccc3Cl)o2)c(C)cn1. The van der Waals surface area contributed by atoms with E-state index in [9.17, 15) is 10.0 Å². The van der Waals surface area contributed by atoms with Gasteiger partial charge >= 0.3 is 0 Å². The van der Waals surface area contributed by atoms with Crippen molar-refractivity contribution in [3.05, 3.63) is 58.0 Å². The van der Waals surface area contributed by atoms with Gasteiger partial charge < -0.3 is 20.0 Å². The number of pyridine rings is 1. The van der Waals surface area contributed by atoms with Crippen LogP contribution in [0.2, 0.25) is 5.02 Å². The molecule has 2 heterocycles. The minimum atomic E-state index is -0.226. The fraction of sp³-hybridized carbons (Fsp3) is 0.286. The molecule has 1 N–H and O–H groups in total. The molecule has 7 nitrogen and oxygen atoms in total. The van der Waals surface area contributed by atoms with Gasteiger partial charge in [-0.2, -0.15) is 0 Å². The number of carbonyl (C=O) groups excluding carboxylic acids is 1. The van der Waals surface area contributed by atoms with Crippen molar-refractivity contribution in [2.75, 3.05) is 5.32 Å². The maximum absolute atomic E-state index is 12.3. The molecule has 0 bridgehead atoms. The number of nitrogens with zero attached hydrogens (tertiary/aromatic N) is 3. The second kappa shape index (κ2) is 8.73. The fourth-order valence-electron chi connectivity index (χ4n) is 2.76. The molecule has 0 radical (unpaired) electrons. The van der Waals surface area contributed by atoms with Gasteiger partial charge in [-0.05, 0) is 36.7 Å². The molecule has 0 spiro atoms. The first kappa shape index (κ1) is 21.0. The van der Waals surface area contributed by atoms with Crippen LogP contribution in [0.15, 0.2) is 40.9 Å².